The molecule has 1 atom stereocenters. The summed E-state index contributed by atoms with van der Waals surface area (Å²) in [7, 11) is 0. The molecule has 1 saturated heterocycles. The summed E-state index contributed by atoms with van der Waals surface area (Å²) in [5.74, 6) is -0.307. The molecule has 0 amide bonds. The van der Waals surface area contributed by atoms with E-state index < -0.39 is 11.6 Å². The Morgan fingerprint density at radius 1 is 1.40 bits per heavy atom. The molecule has 82 valence electrons. The molecule has 0 radical (unpaired) electrons. The standard InChI is InChI=1S/C11H14F2N2/c12-9-1-2-10(13)11(5-9)15-7-8-3-4-14-6-8/h1-2,5,8,14-15H,3-4,6-7H2. The van der Waals surface area contributed by atoms with E-state index in [2.05, 4.69) is 10.6 Å². The van der Waals surface area contributed by atoms with Crippen molar-refractivity contribution in [3.05, 3.63) is 29.8 Å². The summed E-state index contributed by atoms with van der Waals surface area (Å²) in [6, 6.07) is 3.46. The Morgan fingerprint density at radius 2 is 2.27 bits per heavy atom. The highest BCUT2D eigenvalue weighted by atomic mass is 19.1. The second-order valence-electron chi connectivity index (χ2n) is 3.86. The molecule has 1 unspecified atom stereocenters. The molecule has 1 aromatic rings. The summed E-state index contributed by atoms with van der Waals surface area (Å²) in [5, 5.41) is 6.17. The first kappa shape index (κ1) is 10.4. The third-order valence-corrected chi connectivity index (χ3v) is 2.67. The fourth-order valence-electron chi connectivity index (χ4n) is 1.78. The van der Waals surface area contributed by atoms with E-state index in [1.165, 1.54) is 6.07 Å². The molecule has 2 rings (SSSR count). The average Bonchev–Trinajstić information content (AvgIpc) is 2.72. The second-order valence-corrected chi connectivity index (χ2v) is 3.86. The number of hydrogen-bond donors (Lipinski definition) is 2. The van der Waals surface area contributed by atoms with E-state index in [0.717, 1.165) is 31.6 Å². The molecule has 1 heterocycles. The average molecular weight is 212 g/mol. The van der Waals surface area contributed by atoms with Gasteiger partial charge in [-0.25, -0.2) is 8.78 Å². The lowest BCUT2D eigenvalue weighted by molar-refractivity contribution is 0.589. The number of nitrogens with one attached hydrogen (secondary N) is 2. The third-order valence-electron chi connectivity index (χ3n) is 2.67. The van der Waals surface area contributed by atoms with E-state index >= 15 is 0 Å². The number of rotatable bonds is 3. The predicted molar refractivity (Wildman–Crippen MR) is 55.8 cm³/mol. The van der Waals surface area contributed by atoms with Crippen LogP contribution in [0.3, 0.4) is 0 Å². The van der Waals surface area contributed by atoms with Crippen molar-refractivity contribution < 1.29 is 8.78 Å². The fourth-order valence-corrected chi connectivity index (χ4v) is 1.78. The molecule has 15 heavy (non-hydrogen) atoms. The van der Waals surface area contributed by atoms with Crippen LogP contribution in [-0.2, 0) is 0 Å². The Labute approximate surface area is 87.7 Å². The van der Waals surface area contributed by atoms with Gasteiger partial charge < -0.3 is 10.6 Å². The number of hydrogen-bond acceptors (Lipinski definition) is 2. The minimum atomic E-state index is -0.413. The Balaban J connectivity index is 1.94. The van der Waals surface area contributed by atoms with E-state index in [4.69, 9.17) is 0 Å². The lowest BCUT2D eigenvalue weighted by atomic mass is 10.1. The molecular weight excluding hydrogens is 198 g/mol. The first-order chi connectivity index (χ1) is 7.25. The van der Waals surface area contributed by atoms with E-state index in [1.54, 1.807) is 0 Å². The van der Waals surface area contributed by atoms with Crippen molar-refractivity contribution in [2.24, 2.45) is 5.92 Å². The van der Waals surface area contributed by atoms with Crippen LogP contribution in [-0.4, -0.2) is 19.6 Å². The van der Waals surface area contributed by atoms with Crippen molar-refractivity contribution >= 4 is 5.69 Å². The zero-order valence-corrected chi connectivity index (χ0v) is 8.39. The summed E-state index contributed by atoms with van der Waals surface area (Å²) in [4.78, 5) is 0. The van der Waals surface area contributed by atoms with E-state index in [0.29, 0.717) is 12.5 Å². The maximum Gasteiger partial charge on any atom is 0.146 e. The minimum Gasteiger partial charge on any atom is -0.382 e. The summed E-state index contributed by atoms with van der Waals surface area (Å²) in [6.07, 6.45) is 1.09. The zero-order chi connectivity index (χ0) is 10.7. The van der Waals surface area contributed by atoms with Crippen molar-refractivity contribution in [2.75, 3.05) is 25.0 Å². The summed E-state index contributed by atoms with van der Waals surface area (Å²) < 4.78 is 26.0. The predicted octanol–water partition coefficient (Wildman–Crippen LogP) is 1.99. The molecule has 0 aliphatic carbocycles. The molecule has 1 aliphatic rings. The topological polar surface area (TPSA) is 24.1 Å². The summed E-state index contributed by atoms with van der Waals surface area (Å²) in [5.41, 5.74) is 0.252. The quantitative estimate of drug-likeness (QED) is 0.800. The monoisotopic (exact) mass is 212 g/mol. The third kappa shape index (κ3) is 2.65. The van der Waals surface area contributed by atoms with Crippen LogP contribution in [0.5, 0.6) is 0 Å². The zero-order valence-electron chi connectivity index (χ0n) is 8.39. The second kappa shape index (κ2) is 4.57. The van der Waals surface area contributed by atoms with Crippen LogP contribution in [0.1, 0.15) is 6.42 Å². The molecule has 1 fully saturated rings. The molecule has 2 N–H and O–H groups in total. The highest BCUT2D eigenvalue weighted by Gasteiger charge is 2.14. The molecule has 0 saturated carbocycles. The van der Waals surface area contributed by atoms with Crippen LogP contribution in [0.15, 0.2) is 18.2 Å². The van der Waals surface area contributed by atoms with Crippen LogP contribution < -0.4 is 10.6 Å². The number of halogens is 2. The molecule has 0 aromatic heterocycles. The van der Waals surface area contributed by atoms with Crippen molar-refractivity contribution in [3.63, 3.8) is 0 Å². The lowest BCUT2D eigenvalue weighted by Gasteiger charge is -2.11. The smallest absolute Gasteiger partial charge is 0.146 e. The SMILES string of the molecule is Fc1ccc(F)c(NCC2CCNC2)c1. The van der Waals surface area contributed by atoms with Gasteiger partial charge in [0.1, 0.15) is 11.6 Å². The van der Waals surface area contributed by atoms with Crippen LogP contribution in [0.25, 0.3) is 0 Å². The maximum absolute atomic E-state index is 13.2. The van der Waals surface area contributed by atoms with Gasteiger partial charge in [-0.05, 0) is 43.6 Å². The largest absolute Gasteiger partial charge is 0.382 e. The first-order valence-electron chi connectivity index (χ1n) is 5.15. The first-order valence-corrected chi connectivity index (χ1v) is 5.15. The van der Waals surface area contributed by atoms with Gasteiger partial charge in [0.25, 0.3) is 0 Å². The van der Waals surface area contributed by atoms with Crippen LogP contribution in [0.2, 0.25) is 0 Å². The van der Waals surface area contributed by atoms with Gasteiger partial charge in [0, 0.05) is 6.54 Å². The van der Waals surface area contributed by atoms with Crippen molar-refractivity contribution in [1.82, 2.24) is 5.32 Å². The fraction of sp³-hybridized carbons (Fsp3) is 0.455. The molecule has 4 heteroatoms. The maximum atomic E-state index is 13.2. The van der Waals surface area contributed by atoms with Crippen molar-refractivity contribution in [3.8, 4) is 0 Å². The van der Waals surface area contributed by atoms with Crippen LogP contribution in [0, 0.1) is 17.6 Å². The summed E-state index contributed by atoms with van der Waals surface area (Å²) >= 11 is 0. The van der Waals surface area contributed by atoms with Gasteiger partial charge in [0.15, 0.2) is 0 Å². The highest BCUT2D eigenvalue weighted by molar-refractivity contribution is 5.44. The Bertz CT molecular complexity index is 335. The van der Waals surface area contributed by atoms with Crippen LogP contribution in [0.4, 0.5) is 14.5 Å². The lowest BCUT2D eigenvalue weighted by Crippen LogP contribution is -2.17. The molecular formula is C11H14F2N2. The minimum absolute atomic E-state index is 0.252. The van der Waals surface area contributed by atoms with E-state index in [1.807, 2.05) is 0 Å². The van der Waals surface area contributed by atoms with E-state index in [-0.39, 0.29) is 5.69 Å². The van der Waals surface area contributed by atoms with Gasteiger partial charge in [-0.15, -0.1) is 0 Å². The van der Waals surface area contributed by atoms with Gasteiger partial charge in [-0.2, -0.15) is 0 Å². The van der Waals surface area contributed by atoms with Crippen LogP contribution >= 0.6 is 0 Å². The molecule has 1 aliphatic heterocycles. The number of benzene rings is 1. The normalized spacial score (nSPS) is 20.5. The summed E-state index contributed by atoms with van der Waals surface area (Å²) in [6.45, 7) is 2.65. The molecule has 2 nitrogen and oxygen atoms in total. The molecule has 0 bridgehead atoms. The Kier molecular flexibility index (Phi) is 3.16. The number of anilines is 1. The Morgan fingerprint density at radius 3 is 3.00 bits per heavy atom. The van der Waals surface area contributed by atoms with Gasteiger partial charge in [-0.1, -0.05) is 0 Å². The van der Waals surface area contributed by atoms with Gasteiger partial charge >= 0.3 is 0 Å². The van der Waals surface area contributed by atoms with Gasteiger partial charge in [0.05, 0.1) is 5.69 Å². The van der Waals surface area contributed by atoms with Gasteiger partial charge in [-0.3, -0.25) is 0 Å². The van der Waals surface area contributed by atoms with Crippen molar-refractivity contribution in [1.29, 1.82) is 0 Å². The Hall–Kier alpha value is -1.16. The van der Waals surface area contributed by atoms with Crippen molar-refractivity contribution in [2.45, 2.75) is 6.42 Å². The molecule has 0 spiro atoms. The highest BCUT2D eigenvalue weighted by Crippen LogP contribution is 2.16. The van der Waals surface area contributed by atoms with Gasteiger partial charge in [0.2, 0.25) is 0 Å². The van der Waals surface area contributed by atoms with E-state index in [9.17, 15) is 8.78 Å². The molecule has 1 aromatic carbocycles.